The zero-order valence-corrected chi connectivity index (χ0v) is 12.5. The maximum absolute atomic E-state index is 13.2. The molecular formula is C16H17FN2OS. The highest BCUT2D eigenvalue weighted by atomic mass is 32.1. The molecule has 1 atom stereocenters. The van der Waals surface area contributed by atoms with Crippen LogP contribution in [-0.4, -0.2) is 36.5 Å². The van der Waals surface area contributed by atoms with Gasteiger partial charge in [-0.1, -0.05) is 6.07 Å². The second-order valence-electron chi connectivity index (χ2n) is 6.01. The third-order valence-corrected chi connectivity index (χ3v) is 5.78. The Morgan fingerprint density at radius 2 is 2.10 bits per heavy atom. The standard InChI is InChI=1S/C16H17FN2OS/c17-12-2-1-11-7-15(21-14(11)8-12)16(20)18-13-9-19-5-3-10(13)4-6-19/h1-2,7-8,10,13H,3-6,9H2,(H,18,20). The number of carbonyl (C=O) groups excluding carboxylic acids is 1. The second-order valence-corrected chi connectivity index (χ2v) is 7.09. The number of nitrogens with zero attached hydrogens (tertiary/aromatic N) is 1. The third-order valence-electron chi connectivity index (χ3n) is 4.68. The van der Waals surface area contributed by atoms with E-state index in [1.807, 2.05) is 6.07 Å². The molecule has 4 heterocycles. The molecule has 5 heteroatoms. The fraction of sp³-hybridized carbons (Fsp3) is 0.438. The van der Waals surface area contributed by atoms with Gasteiger partial charge in [-0.3, -0.25) is 4.79 Å². The van der Waals surface area contributed by atoms with Crippen LogP contribution in [0.1, 0.15) is 22.5 Å². The SMILES string of the molecule is O=C(NC1CN2CCC1CC2)c1cc2ccc(F)cc2s1. The molecule has 0 saturated carbocycles. The fourth-order valence-corrected chi connectivity index (χ4v) is 4.48. The van der Waals surface area contributed by atoms with E-state index in [0.717, 1.165) is 16.6 Å². The number of nitrogens with one attached hydrogen (secondary N) is 1. The van der Waals surface area contributed by atoms with Crippen molar-refractivity contribution in [3.8, 4) is 0 Å². The molecule has 110 valence electrons. The van der Waals surface area contributed by atoms with Crippen LogP contribution in [0.2, 0.25) is 0 Å². The molecule has 1 aromatic carbocycles. The lowest BCUT2D eigenvalue weighted by atomic mass is 9.84. The van der Waals surface area contributed by atoms with Gasteiger partial charge in [0.15, 0.2) is 0 Å². The average Bonchev–Trinajstić information content (AvgIpc) is 2.91. The second kappa shape index (κ2) is 5.07. The molecule has 2 aromatic rings. The Kier molecular flexibility index (Phi) is 3.19. The van der Waals surface area contributed by atoms with Crippen LogP contribution in [0.15, 0.2) is 24.3 Å². The molecule has 1 amide bonds. The summed E-state index contributed by atoms with van der Waals surface area (Å²) in [5.74, 6) is 0.342. The zero-order valence-electron chi connectivity index (χ0n) is 11.6. The Labute approximate surface area is 126 Å². The quantitative estimate of drug-likeness (QED) is 0.925. The summed E-state index contributed by atoms with van der Waals surface area (Å²) >= 11 is 1.36. The maximum Gasteiger partial charge on any atom is 0.261 e. The van der Waals surface area contributed by atoms with Gasteiger partial charge < -0.3 is 10.2 Å². The number of thiophene rings is 1. The molecular weight excluding hydrogens is 287 g/mol. The molecule has 3 fully saturated rings. The number of hydrogen-bond acceptors (Lipinski definition) is 3. The largest absolute Gasteiger partial charge is 0.347 e. The molecule has 21 heavy (non-hydrogen) atoms. The van der Waals surface area contributed by atoms with E-state index in [-0.39, 0.29) is 17.8 Å². The Balaban J connectivity index is 1.53. The van der Waals surface area contributed by atoms with Crippen LogP contribution in [0.5, 0.6) is 0 Å². The van der Waals surface area contributed by atoms with E-state index in [0.29, 0.717) is 10.8 Å². The number of carbonyl (C=O) groups is 1. The summed E-state index contributed by atoms with van der Waals surface area (Å²) in [5, 5.41) is 4.11. The summed E-state index contributed by atoms with van der Waals surface area (Å²) in [6.45, 7) is 3.30. The lowest BCUT2D eigenvalue weighted by Gasteiger charge is -2.44. The summed E-state index contributed by atoms with van der Waals surface area (Å²) in [6, 6.07) is 6.78. The number of hydrogen-bond donors (Lipinski definition) is 1. The topological polar surface area (TPSA) is 32.3 Å². The van der Waals surface area contributed by atoms with E-state index in [1.54, 1.807) is 6.07 Å². The first-order valence-electron chi connectivity index (χ1n) is 7.41. The van der Waals surface area contributed by atoms with Gasteiger partial charge in [-0.25, -0.2) is 4.39 Å². The molecule has 0 spiro atoms. The number of benzene rings is 1. The smallest absolute Gasteiger partial charge is 0.261 e. The first-order valence-corrected chi connectivity index (χ1v) is 8.23. The van der Waals surface area contributed by atoms with Crippen molar-refractivity contribution >= 4 is 27.3 Å². The monoisotopic (exact) mass is 304 g/mol. The third kappa shape index (κ3) is 2.45. The van der Waals surface area contributed by atoms with E-state index in [9.17, 15) is 9.18 Å². The predicted octanol–water partition coefficient (Wildman–Crippen LogP) is 2.86. The minimum Gasteiger partial charge on any atom is -0.347 e. The van der Waals surface area contributed by atoms with Gasteiger partial charge in [-0.2, -0.15) is 0 Å². The molecule has 0 radical (unpaired) electrons. The normalized spacial score (nSPS) is 28.0. The van der Waals surface area contributed by atoms with Crippen LogP contribution in [0, 0.1) is 11.7 Å². The highest BCUT2D eigenvalue weighted by Crippen LogP contribution is 2.29. The Hall–Kier alpha value is -1.46. The molecule has 1 N–H and O–H groups in total. The first-order chi connectivity index (χ1) is 10.2. The van der Waals surface area contributed by atoms with E-state index in [1.165, 1.54) is 49.4 Å². The lowest BCUT2D eigenvalue weighted by Crippen LogP contribution is -2.57. The summed E-state index contributed by atoms with van der Waals surface area (Å²) < 4.78 is 14.1. The van der Waals surface area contributed by atoms with Crippen LogP contribution < -0.4 is 5.32 Å². The van der Waals surface area contributed by atoms with Gasteiger partial charge >= 0.3 is 0 Å². The maximum atomic E-state index is 13.2. The molecule has 3 nitrogen and oxygen atoms in total. The molecule has 2 bridgehead atoms. The van der Waals surface area contributed by atoms with Gasteiger partial charge in [0.2, 0.25) is 0 Å². The molecule has 0 aliphatic carbocycles. The summed E-state index contributed by atoms with van der Waals surface area (Å²) in [7, 11) is 0. The van der Waals surface area contributed by atoms with Crippen molar-refractivity contribution < 1.29 is 9.18 Å². The lowest BCUT2D eigenvalue weighted by molar-refractivity contribution is 0.0622. The Bertz CT molecular complexity index is 691. The summed E-state index contributed by atoms with van der Waals surface area (Å²) in [4.78, 5) is 15.5. The Morgan fingerprint density at radius 1 is 1.29 bits per heavy atom. The van der Waals surface area contributed by atoms with E-state index in [2.05, 4.69) is 10.2 Å². The minimum absolute atomic E-state index is 0.0182. The van der Waals surface area contributed by atoms with E-state index >= 15 is 0 Å². The molecule has 1 aromatic heterocycles. The molecule has 3 aliphatic heterocycles. The van der Waals surface area contributed by atoms with Crippen LogP contribution in [0.3, 0.4) is 0 Å². The van der Waals surface area contributed by atoms with Crippen molar-refractivity contribution in [1.29, 1.82) is 0 Å². The summed E-state index contributed by atoms with van der Waals surface area (Å²) in [6.07, 6.45) is 2.37. The number of amides is 1. The molecule has 3 saturated heterocycles. The first kappa shape index (κ1) is 13.2. The Morgan fingerprint density at radius 3 is 2.81 bits per heavy atom. The minimum atomic E-state index is -0.256. The molecule has 3 aliphatic rings. The van der Waals surface area contributed by atoms with Crippen molar-refractivity contribution in [3.63, 3.8) is 0 Å². The number of piperidine rings is 3. The summed E-state index contributed by atoms with van der Waals surface area (Å²) in [5.41, 5.74) is 0. The highest BCUT2D eigenvalue weighted by molar-refractivity contribution is 7.20. The molecule has 1 unspecified atom stereocenters. The van der Waals surface area contributed by atoms with Gasteiger partial charge in [0, 0.05) is 17.3 Å². The van der Waals surface area contributed by atoms with Gasteiger partial charge in [0.25, 0.3) is 5.91 Å². The van der Waals surface area contributed by atoms with Crippen LogP contribution in [-0.2, 0) is 0 Å². The van der Waals surface area contributed by atoms with Gasteiger partial charge in [-0.05, 0) is 55.4 Å². The van der Waals surface area contributed by atoms with Crippen LogP contribution >= 0.6 is 11.3 Å². The van der Waals surface area contributed by atoms with Gasteiger partial charge in [0.1, 0.15) is 5.82 Å². The van der Waals surface area contributed by atoms with Crippen LogP contribution in [0.25, 0.3) is 10.1 Å². The van der Waals surface area contributed by atoms with Crippen molar-refractivity contribution in [2.24, 2.45) is 5.92 Å². The van der Waals surface area contributed by atoms with Crippen molar-refractivity contribution in [1.82, 2.24) is 10.2 Å². The number of fused-ring (bicyclic) bond motifs is 4. The van der Waals surface area contributed by atoms with Crippen molar-refractivity contribution in [3.05, 3.63) is 35.0 Å². The molecule has 5 rings (SSSR count). The van der Waals surface area contributed by atoms with E-state index in [4.69, 9.17) is 0 Å². The zero-order chi connectivity index (χ0) is 14.4. The van der Waals surface area contributed by atoms with E-state index < -0.39 is 0 Å². The highest BCUT2D eigenvalue weighted by Gasteiger charge is 2.35. The van der Waals surface area contributed by atoms with Gasteiger partial charge in [-0.15, -0.1) is 11.3 Å². The number of rotatable bonds is 2. The predicted molar refractivity (Wildman–Crippen MR) is 82.2 cm³/mol. The van der Waals surface area contributed by atoms with Crippen molar-refractivity contribution in [2.45, 2.75) is 18.9 Å². The van der Waals surface area contributed by atoms with Crippen molar-refractivity contribution in [2.75, 3.05) is 19.6 Å². The van der Waals surface area contributed by atoms with Crippen LogP contribution in [0.4, 0.5) is 4.39 Å². The fourth-order valence-electron chi connectivity index (χ4n) is 3.49. The number of halogens is 1. The van der Waals surface area contributed by atoms with Gasteiger partial charge in [0.05, 0.1) is 4.88 Å². The average molecular weight is 304 g/mol.